The van der Waals surface area contributed by atoms with Gasteiger partial charge in [0.25, 0.3) is 0 Å². The van der Waals surface area contributed by atoms with Crippen molar-refractivity contribution >= 4 is 0 Å². The molecule has 0 saturated carbocycles. The molecule has 1 aliphatic rings. The van der Waals surface area contributed by atoms with E-state index in [0.29, 0.717) is 5.92 Å². The number of nitrogens with zero attached hydrogens (tertiary/aromatic N) is 2. The summed E-state index contributed by atoms with van der Waals surface area (Å²) in [6.07, 6.45) is 13.4. The molecule has 0 fully saturated rings. The van der Waals surface area contributed by atoms with E-state index in [1.807, 2.05) is 18.7 Å². The summed E-state index contributed by atoms with van der Waals surface area (Å²) in [7, 11) is 0. The molecule has 68 valence electrons. The van der Waals surface area contributed by atoms with Crippen molar-refractivity contribution in [3.63, 3.8) is 0 Å². The zero-order valence-electron chi connectivity index (χ0n) is 7.85. The van der Waals surface area contributed by atoms with Crippen molar-refractivity contribution in [3.8, 4) is 0 Å². The molecule has 0 aromatic carbocycles. The molecule has 0 N–H and O–H groups in total. The van der Waals surface area contributed by atoms with Gasteiger partial charge in [-0.2, -0.15) is 0 Å². The van der Waals surface area contributed by atoms with Crippen LogP contribution in [0.25, 0.3) is 0 Å². The molecule has 0 spiro atoms. The van der Waals surface area contributed by atoms with Gasteiger partial charge in [0, 0.05) is 18.9 Å². The maximum Gasteiger partial charge on any atom is 0.0948 e. The number of hydrogen-bond acceptors (Lipinski definition) is 1. The van der Waals surface area contributed by atoms with Crippen molar-refractivity contribution in [2.75, 3.05) is 0 Å². The van der Waals surface area contributed by atoms with Gasteiger partial charge in [0.2, 0.25) is 0 Å². The van der Waals surface area contributed by atoms with Gasteiger partial charge >= 0.3 is 0 Å². The molecule has 1 atom stereocenters. The van der Waals surface area contributed by atoms with Crippen LogP contribution < -0.4 is 0 Å². The summed E-state index contributed by atoms with van der Waals surface area (Å²) in [4.78, 5) is 4.03. The van der Waals surface area contributed by atoms with Gasteiger partial charge in [-0.1, -0.05) is 25.2 Å². The summed E-state index contributed by atoms with van der Waals surface area (Å²) in [5.41, 5.74) is 1.49. The average Bonchev–Trinajstić information content (AvgIpc) is 2.61. The smallest absolute Gasteiger partial charge is 0.0948 e. The van der Waals surface area contributed by atoms with Crippen LogP contribution >= 0.6 is 0 Å². The van der Waals surface area contributed by atoms with E-state index in [4.69, 9.17) is 0 Å². The number of hydrogen-bond donors (Lipinski definition) is 0. The molecule has 0 bridgehead atoms. The lowest BCUT2D eigenvalue weighted by molar-refractivity contribution is 0.613. The maximum absolute atomic E-state index is 4.03. The lowest BCUT2D eigenvalue weighted by Gasteiger charge is -2.17. The topological polar surface area (TPSA) is 17.8 Å². The van der Waals surface area contributed by atoms with Crippen molar-refractivity contribution in [1.82, 2.24) is 9.55 Å². The lowest BCUT2D eigenvalue weighted by Crippen LogP contribution is -2.08. The predicted molar refractivity (Wildman–Crippen MR) is 53.2 cm³/mol. The Labute approximate surface area is 78.6 Å². The van der Waals surface area contributed by atoms with Gasteiger partial charge in [0.1, 0.15) is 0 Å². The normalized spacial score (nSPS) is 21.6. The van der Waals surface area contributed by atoms with Crippen LogP contribution in [0.5, 0.6) is 0 Å². The average molecular weight is 174 g/mol. The molecular formula is C11H14N2. The summed E-state index contributed by atoms with van der Waals surface area (Å²) in [6, 6.07) is 0. The van der Waals surface area contributed by atoms with E-state index in [2.05, 4.69) is 34.7 Å². The summed E-state index contributed by atoms with van der Waals surface area (Å²) < 4.78 is 2.11. The highest BCUT2D eigenvalue weighted by Gasteiger charge is 2.09. The Morgan fingerprint density at radius 3 is 3.23 bits per heavy atom. The third-order valence-corrected chi connectivity index (χ3v) is 2.49. The molecule has 1 unspecified atom stereocenters. The summed E-state index contributed by atoms with van der Waals surface area (Å²) >= 11 is 0. The number of aromatic nitrogens is 2. The van der Waals surface area contributed by atoms with Gasteiger partial charge < -0.3 is 4.57 Å². The molecule has 0 radical (unpaired) electrons. The highest BCUT2D eigenvalue weighted by molar-refractivity contribution is 5.20. The summed E-state index contributed by atoms with van der Waals surface area (Å²) in [6.45, 7) is 3.25. The molecule has 2 nitrogen and oxygen atoms in total. The fraction of sp³-hybridized carbons (Fsp3) is 0.364. The summed E-state index contributed by atoms with van der Waals surface area (Å²) in [5, 5.41) is 0. The Kier molecular flexibility index (Phi) is 2.30. The quantitative estimate of drug-likeness (QED) is 0.673. The van der Waals surface area contributed by atoms with Crippen LogP contribution in [0.3, 0.4) is 0 Å². The first-order chi connectivity index (χ1) is 6.36. The van der Waals surface area contributed by atoms with Crippen molar-refractivity contribution in [2.24, 2.45) is 5.92 Å². The standard InChI is InChI=1S/C11H14N2/c1-10-4-2-3-5-11(10)8-13-7-6-12-9-13/h2-3,5-7,9-10H,4,8H2,1H3. The zero-order valence-corrected chi connectivity index (χ0v) is 7.85. The fourth-order valence-corrected chi connectivity index (χ4v) is 1.59. The Hall–Kier alpha value is -1.31. The molecule has 13 heavy (non-hydrogen) atoms. The molecule has 0 saturated heterocycles. The largest absolute Gasteiger partial charge is 0.333 e. The second kappa shape index (κ2) is 3.60. The van der Waals surface area contributed by atoms with Gasteiger partial charge in [-0.05, 0) is 17.9 Å². The monoisotopic (exact) mass is 174 g/mol. The molecule has 1 aromatic heterocycles. The van der Waals surface area contributed by atoms with Crippen LogP contribution in [-0.4, -0.2) is 9.55 Å². The van der Waals surface area contributed by atoms with E-state index in [0.717, 1.165) is 6.54 Å². The first kappa shape index (κ1) is 8.30. The van der Waals surface area contributed by atoms with Gasteiger partial charge in [-0.3, -0.25) is 0 Å². The van der Waals surface area contributed by atoms with Crippen LogP contribution in [-0.2, 0) is 6.54 Å². The SMILES string of the molecule is CC1CC=CC=C1Cn1ccnc1. The minimum atomic E-state index is 0.674. The molecule has 2 rings (SSSR count). The second-order valence-corrected chi connectivity index (χ2v) is 3.54. The van der Waals surface area contributed by atoms with Crippen molar-refractivity contribution < 1.29 is 0 Å². The van der Waals surface area contributed by atoms with E-state index in [9.17, 15) is 0 Å². The van der Waals surface area contributed by atoms with Gasteiger partial charge in [0.05, 0.1) is 6.33 Å². The Morgan fingerprint density at radius 2 is 2.54 bits per heavy atom. The lowest BCUT2D eigenvalue weighted by atomic mass is 9.93. The van der Waals surface area contributed by atoms with Crippen molar-refractivity contribution in [1.29, 1.82) is 0 Å². The van der Waals surface area contributed by atoms with Crippen LogP contribution in [0.1, 0.15) is 13.3 Å². The van der Waals surface area contributed by atoms with Crippen LogP contribution in [0.15, 0.2) is 42.5 Å². The zero-order chi connectivity index (χ0) is 9.10. The third-order valence-electron chi connectivity index (χ3n) is 2.49. The van der Waals surface area contributed by atoms with Gasteiger partial charge in [0.15, 0.2) is 0 Å². The molecular weight excluding hydrogens is 160 g/mol. The molecule has 0 aliphatic heterocycles. The first-order valence-electron chi connectivity index (χ1n) is 4.67. The van der Waals surface area contributed by atoms with Crippen molar-refractivity contribution in [3.05, 3.63) is 42.5 Å². The number of rotatable bonds is 2. The van der Waals surface area contributed by atoms with E-state index in [1.54, 1.807) is 0 Å². The Morgan fingerprint density at radius 1 is 1.62 bits per heavy atom. The van der Waals surface area contributed by atoms with Gasteiger partial charge in [-0.15, -0.1) is 0 Å². The second-order valence-electron chi connectivity index (χ2n) is 3.54. The van der Waals surface area contributed by atoms with Crippen LogP contribution in [0, 0.1) is 5.92 Å². The van der Waals surface area contributed by atoms with E-state index in [1.165, 1.54) is 12.0 Å². The Bertz CT molecular complexity index is 320. The minimum absolute atomic E-state index is 0.674. The van der Waals surface area contributed by atoms with Crippen molar-refractivity contribution in [2.45, 2.75) is 19.9 Å². The molecule has 1 aromatic rings. The maximum atomic E-state index is 4.03. The highest BCUT2D eigenvalue weighted by Crippen LogP contribution is 2.20. The molecule has 1 heterocycles. The van der Waals surface area contributed by atoms with E-state index < -0.39 is 0 Å². The van der Waals surface area contributed by atoms with E-state index >= 15 is 0 Å². The van der Waals surface area contributed by atoms with Gasteiger partial charge in [-0.25, -0.2) is 4.98 Å². The molecule has 0 amide bonds. The number of imidazole rings is 1. The first-order valence-corrected chi connectivity index (χ1v) is 4.67. The third kappa shape index (κ3) is 1.89. The predicted octanol–water partition coefficient (Wildman–Crippen LogP) is 2.41. The molecule has 1 aliphatic carbocycles. The highest BCUT2D eigenvalue weighted by atomic mass is 15.0. The summed E-state index contributed by atoms with van der Waals surface area (Å²) in [5.74, 6) is 0.674. The minimum Gasteiger partial charge on any atom is -0.333 e. The molecule has 2 heteroatoms. The van der Waals surface area contributed by atoms with Crippen LogP contribution in [0.2, 0.25) is 0 Å². The Balaban J connectivity index is 2.09. The fourth-order valence-electron chi connectivity index (χ4n) is 1.59. The van der Waals surface area contributed by atoms with E-state index in [-0.39, 0.29) is 0 Å². The van der Waals surface area contributed by atoms with Crippen LogP contribution in [0.4, 0.5) is 0 Å². The number of allylic oxidation sites excluding steroid dienone is 4.